The summed E-state index contributed by atoms with van der Waals surface area (Å²) in [6.07, 6.45) is 0. The van der Waals surface area contributed by atoms with Crippen molar-refractivity contribution < 1.29 is 19.8 Å². The van der Waals surface area contributed by atoms with E-state index in [-0.39, 0.29) is 0 Å². The number of rotatable bonds is 2. The number of carboxylic acid groups (broad SMARTS) is 2. The molecule has 3 aromatic carbocycles. The standard InChI is InChI=1S/C22H14O4/c23-19(24)21-13-7-1-2-8-14(13)22(20(25)26,17-11-5-3-9-15(17)21)18-12-6-4-10-16(18)21/h1-12H,(H,23,24)(H,25,26). The zero-order valence-corrected chi connectivity index (χ0v) is 13.6. The Hall–Kier alpha value is -3.40. The highest BCUT2D eigenvalue weighted by Gasteiger charge is 2.65. The Morgan fingerprint density at radius 2 is 0.692 bits per heavy atom. The average molecular weight is 342 g/mol. The Bertz CT molecular complexity index is 907. The van der Waals surface area contributed by atoms with E-state index in [2.05, 4.69) is 0 Å². The van der Waals surface area contributed by atoms with Crippen LogP contribution in [0, 0.1) is 0 Å². The van der Waals surface area contributed by atoms with E-state index >= 15 is 0 Å². The Morgan fingerprint density at radius 3 is 0.846 bits per heavy atom. The second-order valence-corrected chi connectivity index (χ2v) is 6.75. The normalized spacial score (nSPS) is 24.3. The minimum Gasteiger partial charge on any atom is -0.480 e. The molecule has 0 radical (unpaired) electrons. The molecule has 0 heterocycles. The number of hydrogen-bond acceptors (Lipinski definition) is 2. The topological polar surface area (TPSA) is 74.6 Å². The van der Waals surface area contributed by atoms with Gasteiger partial charge in [-0.3, -0.25) is 9.59 Å². The number of hydrogen-bond donors (Lipinski definition) is 2. The van der Waals surface area contributed by atoms with Crippen LogP contribution >= 0.6 is 0 Å². The third-order valence-corrected chi connectivity index (χ3v) is 5.85. The van der Waals surface area contributed by atoms with Gasteiger partial charge in [-0.15, -0.1) is 0 Å². The highest BCUT2D eigenvalue weighted by molar-refractivity contribution is 6.04. The van der Waals surface area contributed by atoms with Crippen molar-refractivity contribution >= 4 is 11.9 Å². The lowest BCUT2D eigenvalue weighted by molar-refractivity contribution is -0.144. The Morgan fingerprint density at radius 1 is 0.500 bits per heavy atom. The summed E-state index contributed by atoms with van der Waals surface area (Å²) in [5.41, 5.74) is 0.404. The molecule has 0 amide bonds. The molecule has 0 spiro atoms. The predicted octanol–water partition coefficient (Wildman–Crippen LogP) is 3.15. The van der Waals surface area contributed by atoms with Crippen LogP contribution in [-0.2, 0) is 20.4 Å². The minimum absolute atomic E-state index is 0.535. The number of benzene rings is 3. The van der Waals surface area contributed by atoms with Crippen LogP contribution < -0.4 is 0 Å². The molecule has 4 nitrogen and oxygen atoms in total. The van der Waals surface area contributed by atoms with E-state index < -0.39 is 22.8 Å². The molecule has 0 saturated heterocycles. The van der Waals surface area contributed by atoms with Gasteiger partial charge < -0.3 is 10.2 Å². The lowest BCUT2D eigenvalue weighted by atomic mass is 9.47. The van der Waals surface area contributed by atoms with E-state index in [0.717, 1.165) is 0 Å². The summed E-state index contributed by atoms with van der Waals surface area (Å²) in [6.45, 7) is 0. The van der Waals surface area contributed by atoms with Crippen LogP contribution in [0.4, 0.5) is 0 Å². The molecular formula is C22H14O4. The van der Waals surface area contributed by atoms with Crippen molar-refractivity contribution in [2.24, 2.45) is 0 Å². The smallest absolute Gasteiger partial charge is 0.323 e. The lowest BCUT2D eigenvalue weighted by Gasteiger charge is -2.52. The van der Waals surface area contributed by atoms with Gasteiger partial charge in [-0.2, -0.15) is 0 Å². The summed E-state index contributed by atoms with van der Waals surface area (Å²) < 4.78 is 0. The zero-order chi connectivity index (χ0) is 18.1. The molecule has 0 aliphatic heterocycles. The Labute approximate surface area is 149 Å². The van der Waals surface area contributed by atoms with Crippen LogP contribution in [0.15, 0.2) is 72.8 Å². The van der Waals surface area contributed by atoms with Gasteiger partial charge in [0.1, 0.15) is 10.8 Å². The maximum absolute atomic E-state index is 12.7. The fraction of sp³-hybridized carbons (Fsp3) is 0.0909. The molecule has 0 aromatic heterocycles. The Kier molecular flexibility index (Phi) is 2.64. The minimum atomic E-state index is -1.40. The largest absolute Gasteiger partial charge is 0.480 e. The molecule has 4 heteroatoms. The van der Waals surface area contributed by atoms with E-state index in [9.17, 15) is 19.8 Å². The first-order valence-corrected chi connectivity index (χ1v) is 8.34. The van der Waals surface area contributed by atoms with Crippen molar-refractivity contribution in [2.75, 3.05) is 0 Å². The van der Waals surface area contributed by atoms with Gasteiger partial charge in [-0.25, -0.2) is 0 Å². The molecule has 0 unspecified atom stereocenters. The monoisotopic (exact) mass is 342 g/mol. The highest BCUT2D eigenvalue weighted by atomic mass is 16.4. The van der Waals surface area contributed by atoms with Crippen LogP contribution in [0.1, 0.15) is 33.4 Å². The van der Waals surface area contributed by atoms with Gasteiger partial charge in [0.15, 0.2) is 0 Å². The molecule has 26 heavy (non-hydrogen) atoms. The number of carboxylic acids is 2. The first kappa shape index (κ1) is 14.9. The molecule has 2 bridgehead atoms. The molecule has 6 rings (SSSR count). The molecular weight excluding hydrogens is 328 g/mol. The second kappa shape index (κ2) is 4.61. The molecule has 0 atom stereocenters. The van der Waals surface area contributed by atoms with Crippen molar-refractivity contribution in [3.8, 4) is 0 Å². The summed E-state index contributed by atoms with van der Waals surface area (Å²) in [7, 11) is 0. The molecule has 3 aliphatic rings. The van der Waals surface area contributed by atoms with Crippen LogP contribution in [0.2, 0.25) is 0 Å². The van der Waals surface area contributed by atoms with E-state index in [1.807, 2.05) is 0 Å². The third-order valence-electron chi connectivity index (χ3n) is 5.85. The van der Waals surface area contributed by atoms with E-state index in [1.165, 1.54) is 0 Å². The van der Waals surface area contributed by atoms with Crippen molar-refractivity contribution in [3.63, 3.8) is 0 Å². The van der Waals surface area contributed by atoms with Crippen molar-refractivity contribution in [1.29, 1.82) is 0 Å². The van der Waals surface area contributed by atoms with Gasteiger partial charge in [-0.1, -0.05) is 72.8 Å². The van der Waals surface area contributed by atoms with Gasteiger partial charge in [0.25, 0.3) is 0 Å². The third kappa shape index (κ3) is 1.31. The molecule has 3 aromatic rings. The van der Waals surface area contributed by atoms with Gasteiger partial charge in [0.05, 0.1) is 0 Å². The number of aliphatic carboxylic acids is 2. The van der Waals surface area contributed by atoms with E-state index in [0.29, 0.717) is 33.4 Å². The fourth-order valence-corrected chi connectivity index (χ4v) is 4.97. The number of carbonyl (C=O) groups is 2. The van der Waals surface area contributed by atoms with E-state index in [4.69, 9.17) is 0 Å². The summed E-state index contributed by atoms with van der Waals surface area (Å²) >= 11 is 0. The summed E-state index contributed by atoms with van der Waals surface area (Å²) in [5.74, 6) is -1.99. The molecule has 2 N–H and O–H groups in total. The van der Waals surface area contributed by atoms with Crippen molar-refractivity contribution in [3.05, 3.63) is 106 Å². The van der Waals surface area contributed by atoms with Crippen LogP contribution in [0.25, 0.3) is 0 Å². The van der Waals surface area contributed by atoms with Gasteiger partial charge in [0, 0.05) is 0 Å². The summed E-state index contributed by atoms with van der Waals surface area (Å²) in [6, 6.07) is 21.1. The maximum atomic E-state index is 12.7. The van der Waals surface area contributed by atoms with Gasteiger partial charge in [-0.05, 0) is 33.4 Å². The predicted molar refractivity (Wildman–Crippen MR) is 94.4 cm³/mol. The Balaban J connectivity index is 2.13. The first-order chi connectivity index (χ1) is 12.6. The maximum Gasteiger partial charge on any atom is 0.323 e. The van der Waals surface area contributed by atoms with Gasteiger partial charge >= 0.3 is 11.9 Å². The summed E-state index contributed by atoms with van der Waals surface area (Å²) in [4.78, 5) is 25.5. The lowest BCUT2D eigenvalue weighted by Crippen LogP contribution is -2.57. The highest BCUT2D eigenvalue weighted by Crippen LogP contribution is 2.61. The van der Waals surface area contributed by atoms with Crippen LogP contribution in [-0.4, -0.2) is 22.2 Å². The zero-order valence-electron chi connectivity index (χ0n) is 13.6. The van der Waals surface area contributed by atoms with Crippen molar-refractivity contribution in [1.82, 2.24) is 0 Å². The average Bonchev–Trinajstić information content (AvgIpc) is 2.67. The molecule has 3 aliphatic carbocycles. The molecule has 0 fully saturated rings. The van der Waals surface area contributed by atoms with Crippen molar-refractivity contribution in [2.45, 2.75) is 10.8 Å². The summed E-state index contributed by atoms with van der Waals surface area (Å²) in [5, 5.41) is 20.9. The fourth-order valence-electron chi connectivity index (χ4n) is 4.97. The molecule has 126 valence electrons. The quantitative estimate of drug-likeness (QED) is 0.750. The second-order valence-electron chi connectivity index (χ2n) is 6.75. The van der Waals surface area contributed by atoms with Gasteiger partial charge in [0.2, 0.25) is 0 Å². The molecule has 0 saturated carbocycles. The van der Waals surface area contributed by atoms with E-state index in [1.54, 1.807) is 72.8 Å². The van der Waals surface area contributed by atoms with Crippen LogP contribution in [0.3, 0.4) is 0 Å². The first-order valence-electron chi connectivity index (χ1n) is 8.34. The SMILES string of the molecule is O=C(O)C12c3ccccc3C(C(=O)O)(c3ccccc31)c1ccccc12. The van der Waals surface area contributed by atoms with Crippen LogP contribution in [0.5, 0.6) is 0 Å².